The molecule has 20 heavy (non-hydrogen) atoms. The van der Waals surface area contributed by atoms with Crippen LogP contribution in [-0.4, -0.2) is 23.2 Å². The lowest BCUT2D eigenvalue weighted by molar-refractivity contribution is -0.220. The number of nitrogens with zero attached hydrogens (tertiary/aromatic N) is 1. The van der Waals surface area contributed by atoms with Crippen molar-refractivity contribution < 1.29 is 18.6 Å². The first-order valence-corrected chi connectivity index (χ1v) is 6.10. The van der Waals surface area contributed by atoms with Crippen molar-refractivity contribution in [1.82, 2.24) is 9.97 Å². The van der Waals surface area contributed by atoms with Crippen LogP contribution in [0, 0.1) is 5.82 Å². The van der Waals surface area contributed by atoms with E-state index in [4.69, 9.17) is 14.2 Å². The molecule has 0 amide bonds. The molecule has 1 aliphatic heterocycles. The van der Waals surface area contributed by atoms with E-state index in [1.165, 1.54) is 6.07 Å². The number of benzene rings is 1. The van der Waals surface area contributed by atoms with E-state index in [9.17, 15) is 4.39 Å². The minimum Gasteiger partial charge on any atom is -0.479 e. The number of halogens is 1. The Morgan fingerprint density at radius 1 is 1.55 bits per heavy atom. The van der Waals surface area contributed by atoms with Crippen molar-refractivity contribution in [3.63, 3.8) is 0 Å². The average Bonchev–Trinajstić information content (AvgIpc) is 3.00. The highest BCUT2D eigenvalue weighted by molar-refractivity contribution is 5.42. The van der Waals surface area contributed by atoms with Crippen LogP contribution >= 0.6 is 0 Å². The Labute approximate surface area is 115 Å². The van der Waals surface area contributed by atoms with Gasteiger partial charge in [0.05, 0.1) is 6.61 Å². The van der Waals surface area contributed by atoms with E-state index < -0.39 is 11.6 Å². The molecule has 2 heterocycles. The molecule has 0 spiro atoms. The second-order valence-electron chi connectivity index (χ2n) is 4.25. The van der Waals surface area contributed by atoms with Crippen molar-refractivity contribution in [2.45, 2.75) is 5.79 Å². The predicted molar refractivity (Wildman–Crippen MR) is 68.9 cm³/mol. The molecule has 0 saturated heterocycles. The first-order chi connectivity index (χ1) is 9.75. The second-order valence-corrected chi connectivity index (χ2v) is 4.25. The number of hydrogen-bond donors (Lipinski definition) is 1. The monoisotopic (exact) mass is 276 g/mol. The third-order valence-electron chi connectivity index (χ3n) is 2.91. The minimum atomic E-state index is -1.24. The quantitative estimate of drug-likeness (QED) is 0.871. The molecule has 6 heteroatoms. The van der Waals surface area contributed by atoms with Gasteiger partial charge in [0, 0.05) is 12.4 Å². The number of nitrogens with one attached hydrogen (secondary N) is 1. The lowest BCUT2D eigenvalue weighted by atomic mass is 10.2. The van der Waals surface area contributed by atoms with E-state index in [-0.39, 0.29) is 24.7 Å². The summed E-state index contributed by atoms with van der Waals surface area (Å²) in [5.74, 6) is -0.902. The summed E-state index contributed by atoms with van der Waals surface area (Å²) in [7, 11) is 0. The number of aromatic nitrogens is 2. The van der Waals surface area contributed by atoms with Gasteiger partial charge in [-0.2, -0.15) is 0 Å². The normalized spacial score (nSPS) is 20.6. The number of H-pyrrole nitrogens is 1. The lowest BCUT2D eigenvalue weighted by Crippen LogP contribution is -2.46. The largest absolute Gasteiger partial charge is 0.479 e. The molecular formula is C14H13FN2O3. The summed E-state index contributed by atoms with van der Waals surface area (Å²) < 4.78 is 30.6. The van der Waals surface area contributed by atoms with Gasteiger partial charge in [0.25, 0.3) is 0 Å². The van der Waals surface area contributed by atoms with E-state index in [0.29, 0.717) is 5.82 Å². The molecule has 2 aromatic rings. The first kappa shape index (κ1) is 12.7. The van der Waals surface area contributed by atoms with Gasteiger partial charge in [-0.25, -0.2) is 9.37 Å². The van der Waals surface area contributed by atoms with Crippen LogP contribution in [0.5, 0.6) is 11.5 Å². The van der Waals surface area contributed by atoms with Gasteiger partial charge in [-0.05, 0) is 12.1 Å². The van der Waals surface area contributed by atoms with Crippen molar-refractivity contribution in [2.75, 3.05) is 13.2 Å². The van der Waals surface area contributed by atoms with Crippen LogP contribution in [0.25, 0.3) is 0 Å². The van der Waals surface area contributed by atoms with E-state index in [2.05, 4.69) is 16.5 Å². The van der Waals surface area contributed by atoms with Crippen LogP contribution in [0.2, 0.25) is 0 Å². The summed E-state index contributed by atoms with van der Waals surface area (Å²) in [5, 5.41) is 0. The van der Waals surface area contributed by atoms with Gasteiger partial charge >= 0.3 is 5.79 Å². The molecule has 1 aromatic carbocycles. The van der Waals surface area contributed by atoms with E-state index in [0.717, 1.165) is 0 Å². The maximum Gasteiger partial charge on any atom is 0.305 e. The molecule has 1 unspecified atom stereocenters. The number of rotatable bonds is 4. The SMILES string of the molecule is C=CCOC1(c2ncc[nH]2)COc2c(F)cccc2O1. The van der Waals surface area contributed by atoms with Crippen molar-refractivity contribution in [3.05, 3.63) is 54.9 Å². The molecule has 104 valence electrons. The third-order valence-corrected chi connectivity index (χ3v) is 2.91. The second kappa shape index (κ2) is 4.97. The summed E-state index contributed by atoms with van der Waals surface area (Å²) in [5.41, 5.74) is 0. The number of aromatic amines is 1. The van der Waals surface area contributed by atoms with Gasteiger partial charge in [0.1, 0.15) is 0 Å². The third kappa shape index (κ3) is 2.04. The highest BCUT2D eigenvalue weighted by Gasteiger charge is 2.44. The Morgan fingerprint density at radius 3 is 3.20 bits per heavy atom. The lowest BCUT2D eigenvalue weighted by Gasteiger charge is -2.36. The minimum absolute atomic E-state index is 0.0116. The van der Waals surface area contributed by atoms with Crippen LogP contribution < -0.4 is 9.47 Å². The van der Waals surface area contributed by atoms with Crippen LogP contribution in [0.4, 0.5) is 4.39 Å². The maximum atomic E-state index is 13.6. The molecule has 1 aliphatic rings. The summed E-state index contributed by atoms with van der Waals surface area (Å²) in [6.45, 7) is 3.84. The Balaban J connectivity index is 1.99. The molecule has 1 aromatic heterocycles. The average molecular weight is 276 g/mol. The Bertz CT molecular complexity index is 615. The van der Waals surface area contributed by atoms with Crippen molar-refractivity contribution in [2.24, 2.45) is 0 Å². The highest BCUT2D eigenvalue weighted by atomic mass is 19.1. The van der Waals surface area contributed by atoms with Crippen LogP contribution in [0.1, 0.15) is 5.82 Å². The van der Waals surface area contributed by atoms with E-state index in [1.807, 2.05) is 0 Å². The van der Waals surface area contributed by atoms with Crippen LogP contribution in [-0.2, 0) is 10.5 Å². The molecule has 5 nitrogen and oxygen atoms in total. The van der Waals surface area contributed by atoms with Gasteiger partial charge in [-0.15, -0.1) is 6.58 Å². The number of imidazole rings is 1. The van der Waals surface area contributed by atoms with Crippen molar-refractivity contribution in [1.29, 1.82) is 0 Å². The molecule has 0 saturated carbocycles. The van der Waals surface area contributed by atoms with Crippen LogP contribution in [0.15, 0.2) is 43.2 Å². The fraction of sp³-hybridized carbons (Fsp3) is 0.214. The zero-order chi connectivity index (χ0) is 14.0. The smallest absolute Gasteiger partial charge is 0.305 e. The summed E-state index contributed by atoms with van der Waals surface area (Å²) in [6, 6.07) is 4.47. The zero-order valence-corrected chi connectivity index (χ0v) is 10.6. The highest BCUT2D eigenvalue weighted by Crippen LogP contribution is 2.40. The van der Waals surface area contributed by atoms with Gasteiger partial charge in [-0.1, -0.05) is 12.1 Å². The molecular weight excluding hydrogens is 263 g/mol. The Morgan fingerprint density at radius 2 is 2.45 bits per heavy atom. The van der Waals surface area contributed by atoms with Gasteiger partial charge < -0.3 is 19.2 Å². The zero-order valence-electron chi connectivity index (χ0n) is 10.6. The number of para-hydroxylation sites is 1. The van der Waals surface area contributed by atoms with Crippen LogP contribution in [0.3, 0.4) is 0 Å². The summed E-state index contributed by atoms with van der Waals surface area (Å²) >= 11 is 0. The molecule has 0 aliphatic carbocycles. The maximum absolute atomic E-state index is 13.6. The number of ether oxygens (including phenoxy) is 3. The van der Waals surface area contributed by atoms with Gasteiger partial charge in [0.2, 0.25) is 0 Å². The van der Waals surface area contributed by atoms with E-state index >= 15 is 0 Å². The molecule has 1 N–H and O–H groups in total. The standard InChI is InChI=1S/C14H13FN2O3/c1-2-8-19-14(13-16-6-7-17-13)9-18-12-10(15)4-3-5-11(12)20-14/h2-7H,1,8-9H2,(H,16,17). The fourth-order valence-corrected chi connectivity index (χ4v) is 2.01. The summed E-state index contributed by atoms with van der Waals surface area (Å²) in [6.07, 6.45) is 4.83. The van der Waals surface area contributed by atoms with E-state index in [1.54, 1.807) is 30.6 Å². The topological polar surface area (TPSA) is 56.4 Å². The Kier molecular flexibility index (Phi) is 3.15. The van der Waals surface area contributed by atoms with Crippen molar-refractivity contribution >= 4 is 0 Å². The number of hydrogen-bond acceptors (Lipinski definition) is 4. The molecule has 0 fully saturated rings. The first-order valence-electron chi connectivity index (χ1n) is 6.10. The van der Waals surface area contributed by atoms with Gasteiger partial charge in [0.15, 0.2) is 29.7 Å². The molecule has 0 radical (unpaired) electrons. The van der Waals surface area contributed by atoms with Crippen molar-refractivity contribution in [3.8, 4) is 11.5 Å². The molecule has 1 atom stereocenters. The molecule has 0 bridgehead atoms. The fourth-order valence-electron chi connectivity index (χ4n) is 2.01. The number of fused-ring (bicyclic) bond motifs is 1. The molecule has 3 rings (SSSR count). The summed E-state index contributed by atoms with van der Waals surface area (Å²) in [4.78, 5) is 7.08. The van der Waals surface area contributed by atoms with Gasteiger partial charge in [-0.3, -0.25) is 0 Å². The predicted octanol–water partition coefficient (Wildman–Crippen LogP) is 2.38. The Hall–Kier alpha value is -2.34.